The summed E-state index contributed by atoms with van der Waals surface area (Å²) in [6, 6.07) is 10.6. The zero-order valence-corrected chi connectivity index (χ0v) is 23.4. The van der Waals surface area contributed by atoms with Crippen molar-refractivity contribution in [1.29, 1.82) is 0 Å². The highest BCUT2D eigenvalue weighted by molar-refractivity contribution is 6.38. The van der Waals surface area contributed by atoms with Crippen molar-refractivity contribution in [3.05, 3.63) is 48.0 Å². The Bertz CT molecular complexity index is 1270. The summed E-state index contributed by atoms with van der Waals surface area (Å²) < 4.78 is 0. The fraction of sp³-hybridized carbons (Fsp3) is 0.516. The van der Waals surface area contributed by atoms with Crippen molar-refractivity contribution in [2.75, 3.05) is 6.54 Å². The van der Waals surface area contributed by atoms with Crippen LogP contribution in [0.15, 0.2) is 42.5 Å². The summed E-state index contributed by atoms with van der Waals surface area (Å²) >= 11 is 0. The molecule has 1 saturated heterocycles. The van der Waals surface area contributed by atoms with Gasteiger partial charge in [-0.1, -0.05) is 76.3 Å². The lowest BCUT2D eigenvalue weighted by molar-refractivity contribution is -0.142. The van der Waals surface area contributed by atoms with Crippen LogP contribution in [0.2, 0.25) is 0 Å². The third-order valence-electron chi connectivity index (χ3n) is 8.24. The number of benzene rings is 2. The van der Waals surface area contributed by atoms with E-state index in [0.29, 0.717) is 37.3 Å². The number of fused-ring (bicyclic) bond motifs is 1. The lowest BCUT2D eigenvalue weighted by atomic mass is 9.84. The van der Waals surface area contributed by atoms with E-state index in [4.69, 9.17) is 5.73 Å². The number of hydrogen-bond acceptors (Lipinski definition) is 5. The predicted octanol–water partition coefficient (Wildman–Crippen LogP) is 3.09. The van der Waals surface area contributed by atoms with E-state index < -0.39 is 35.7 Å². The molecule has 0 spiro atoms. The van der Waals surface area contributed by atoms with Crippen molar-refractivity contribution in [3.63, 3.8) is 0 Å². The normalized spacial score (nSPS) is 19.3. The van der Waals surface area contributed by atoms with Crippen LogP contribution in [0.4, 0.5) is 0 Å². The second-order valence-corrected chi connectivity index (χ2v) is 11.5. The van der Waals surface area contributed by atoms with Gasteiger partial charge in [-0.25, -0.2) is 0 Å². The highest BCUT2D eigenvalue weighted by atomic mass is 16.2. The Labute approximate surface area is 235 Å². The maximum Gasteiger partial charge on any atom is 0.287 e. The van der Waals surface area contributed by atoms with E-state index in [1.165, 1.54) is 11.3 Å². The highest BCUT2D eigenvalue weighted by Crippen LogP contribution is 2.29. The van der Waals surface area contributed by atoms with Crippen molar-refractivity contribution >= 4 is 40.2 Å². The summed E-state index contributed by atoms with van der Waals surface area (Å²) in [5, 5.41) is 7.61. The van der Waals surface area contributed by atoms with E-state index in [2.05, 4.69) is 10.6 Å². The number of nitrogens with two attached hydrogens (primary N) is 1. The molecule has 9 nitrogen and oxygen atoms in total. The Morgan fingerprint density at radius 2 is 1.60 bits per heavy atom. The Morgan fingerprint density at radius 3 is 2.27 bits per heavy atom. The molecule has 4 rings (SSSR count). The van der Waals surface area contributed by atoms with Crippen LogP contribution in [0, 0.1) is 11.8 Å². The third-order valence-corrected chi connectivity index (χ3v) is 8.24. The smallest absolute Gasteiger partial charge is 0.287 e. The van der Waals surface area contributed by atoms with Gasteiger partial charge >= 0.3 is 0 Å². The molecule has 0 radical (unpaired) electrons. The molecule has 1 aliphatic heterocycles. The summed E-state index contributed by atoms with van der Waals surface area (Å²) in [6.07, 6.45) is 6.95. The van der Waals surface area contributed by atoms with Crippen molar-refractivity contribution in [3.8, 4) is 0 Å². The number of hydrogen-bond donors (Lipinski definition) is 3. The number of rotatable bonds is 10. The quantitative estimate of drug-likeness (QED) is 0.392. The van der Waals surface area contributed by atoms with Gasteiger partial charge in [-0.15, -0.1) is 0 Å². The number of nitrogens with one attached hydrogen (secondary N) is 2. The maximum atomic E-state index is 14.0. The van der Waals surface area contributed by atoms with Crippen LogP contribution < -0.4 is 16.4 Å². The van der Waals surface area contributed by atoms with Crippen LogP contribution in [-0.2, 0) is 19.2 Å². The summed E-state index contributed by atoms with van der Waals surface area (Å²) in [6.45, 7) is 3.80. The molecule has 9 heteroatoms. The molecule has 1 heterocycles. The van der Waals surface area contributed by atoms with E-state index in [1.807, 2.05) is 36.4 Å². The monoisotopic (exact) mass is 548 g/mol. The van der Waals surface area contributed by atoms with Crippen molar-refractivity contribution in [2.24, 2.45) is 17.6 Å². The molecule has 4 N–H and O–H groups in total. The largest absolute Gasteiger partial charge is 0.363 e. The van der Waals surface area contributed by atoms with Gasteiger partial charge in [-0.2, -0.15) is 0 Å². The van der Waals surface area contributed by atoms with E-state index in [0.717, 1.165) is 36.5 Å². The van der Waals surface area contributed by atoms with Crippen molar-refractivity contribution in [1.82, 2.24) is 15.5 Å². The van der Waals surface area contributed by atoms with Gasteiger partial charge in [0, 0.05) is 12.1 Å². The standard InChI is InChI=1S/C31H40N4O5/c1-19(2)26(27(36)28(32)37)34-30(39)25-13-8-16-35(25)31(40)24(17-20-9-4-3-5-10-20)33-29(38)23-15-14-21-11-6-7-12-22(21)18-23/h6-7,11-12,14-15,18-20,24-26H,3-5,8-10,13,16-17H2,1-2H3,(H2,32,37)(H,33,38)(H,34,39)/t24-,25+,26?/m1/s1. The molecule has 3 atom stereocenters. The number of carbonyl (C=O) groups is 5. The predicted molar refractivity (Wildman–Crippen MR) is 152 cm³/mol. The molecule has 0 aromatic heterocycles. The first kappa shape index (κ1) is 29.2. The van der Waals surface area contributed by atoms with Gasteiger partial charge in [-0.05, 0) is 54.0 Å². The first-order chi connectivity index (χ1) is 19.2. The van der Waals surface area contributed by atoms with Gasteiger partial charge in [0.2, 0.25) is 17.6 Å². The molecule has 40 heavy (non-hydrogen) atoms. The zero-order chi connectivity index (χ0) is 28.8. The fourth-order valence-electron chi connectivity index (χ4n) is 5.99. The van der Waals surface area contributed by atoms with Gasteiger partial charge in [-0.3, -0.25) is 24.0 Å². The molecule has 214 valence electrons. The number of Topliss-reactive ketones (excluding diaryl/α,β-unsaturated/α-hetero) is 1. The van der Waals surface area contributed by atoms with Gasteiger partial charge in [0.1, 0.15) is 12.1 Å². The summed E-state index contributed by atoms with van der Waals surface area (Å²) in [5.74, 6) is -3.12. The fourth-order valence-corrected chi connectivity index (χ4v) is 5.99. The minimum atomic E-state index is -1.11. The summed E-state index contributed by atoms with van der Waals surface area (Å²) in [4.78, 5) is 66.0. The van der Waals surface area contributed by atoms with Crippen LogP contribution in [0.25, 0.3) is 10.8 Å². The van der Waals surface area contributed by atoms with Crippen LogP contribution >= 0.6 is 0 Å². The Kier molecular flexibility index (Phi) is 9.55. The minimum absolute atomic E-state index is 0.292. The zero-order valence-electron chi connectivity index (χ0n) is 23.4. The minimum Gasteiger partial charge on any atom is -0.363 e. The first-order valence-corrected chi connectivity index (χ1v) is 14.4. The molecule has 2 aromatic rings. The summed E-state index contributed by atoms with van der Waals surface area (Å²) in [7, 11) is 0. The average Bonchev–Trinajstić information content (AvgIpc) is 3.45. The Hall–Kier alpha value is -3.75. The van der Waals surface area contributed by atoms with E-state index in [-0.39, 0.29) is 17.7 Å². The lowest BCUT2D eigenvalue weighted by Gasteiger charge is -2.32. The van der Waals surface area contributed by atoms with Gasteiger partial charge in [0.05, 0.1) is 6.04 Å². The number of likely N-dealkylation sites (tertiary alicyclic amines) is 1. The average molecular weight is 549 g/mol. The highest BCUT2D eigenvalue weighted by Gasteiger charge is 2.40. The number of carbonyl (C=O) groups excluding carboxylic acids is 5. The molecule has 0 bridgehead atoms. The second-order valence-electron chi connectivity index (χ2n) is 11.5. The molecule has 4 amide bonds. The maximum absolute atomic E-state index is 14.0. The number of primary amides is 1. The molecule has 1 saturated carbocycles. The summed E-state index contributed by atoms with van der Waals surface area (Å²) in [5.41, 5.74) is 5.66. The lowest BCUT2D eigenvalue weighted by Crippen LogP contribution is -2.57. The molecular formula is C31H40N4O5. The molecule has 2 fully saturated rings. The SMILES string of the molecule is CC(C)C(NC(=O)[C@@H]1CCCN1C(=O)[C@@H](CC1CCCCC1)NC(=O)c1ccc2ccccc2c1)C(=O)C(N)=O. The van der Waals surface area contributed by atoms with Gasteiger partial charge < -0.3 is 21.3 Å². The molecule has 1 aliphatic carbocycles. The molecular weight excluding hydrogens is 508 g/mol. The van der Waals surface area contributed by atoms with Crippen LogP contribution in [0.3, 0.4) is 0 Å². The molecule has 1 unspecified atom stereocenters. The van der Waals surface area contributed by atoms with Gasteiger partial charge in [0.25, 0.3) is 11.8 Å². The van der Waals surface area contributed by atoms with Gasteiger partial charge in [0.15, 0.2) is 0 Å². The molecule has 2 aliphatic rings. The first-order valence-electron chi connectivity index (χ1n) is 14.4. The Balaban J connectivity index is 1.53. The number of ketones is 1. The van der Waals surface area contributed by atoms with Crippen molar-refractivity contribution in [2.45, 2.75) is 83.3 Å². The van der Waals surface area contributed by atoms with Crippen molar-refractivity contribution < 1.29 is 24.0 Å². The van der Waals surface area contributed by atoms with Crippen LogP contribution in [0.5, 0.6) is 0 Å². The van der Waals surface area contributed by atoms with E-state index >= 15 is 0 Å². The Morgan fingerprint density at radius 1 is 0.900 bits per heavy atom. The molecule has 2 aromatic carbocycles. The number of nitrogens with zero attached hydrogens (tertiary/aromatic N) is 1. The second kappa shape index (κ2) is 13.1. The number of amides is 4. The van der Waals surface area contributed by atoms with Crippen LogP contribution in [-0.4, -0.2) is 59.0 Å². The van der Waals surface area contributed by atoms with Crippen LogP contribution in [0.1, 0.15) is 75.6 Å². The topological polar surface area (TPSA) is 139 Å². The third kappa shape index (κ3) is 6.87. The van der Waals surface area contributed by atoms with E-state index in [9.17, 15) is 24.0 Å². The van der Waals surface area contributed by atoms with E-state index in [1.54, 1.807) is 19.9 Å².